The third kappa shape index (κ3) is 6.82. The van der Waals surface area contributed by atoms with Crippen molar-refractivity contribution >= 4 is 23.6 Å². The molecule has 0 aromatic rings. The first-order valence-electron chi connectivity index (χ1n) is 6.68. The molecule has 0 bridgehead atoms. The largest absolute Gasteiger partial charge is 0.481 e. The molecule has 110 valence electrons. The maximum atomic E-state index is 12.0. The summed E-state index contributed by atoms with van der Waals surface area (Å²) in [5, 5.41) is 8.73. The SMILES string of the molecule is CC(C)CCSCC(=O)N1CCOC(CC(=O)O)C1. The molecule has 1 N–H and O–H groups in total. The van der Waals surface area contributed by atoms with E-state index in [1.807, 2.05) is 0 Å². The fraction of sp³-hybridized carbons (Fsp3) is 0.846. The van der Waals surface area contributed by atoms with Crippen LogP contribution in [0, 0.1) is 5.92 Å². The number of carboxylic acids is 1. The molecule has 0 aliphatic carbocycles. The van der Waals surface area contributed by atoms with Gasteiger partial charge in [0.05, 0.1) is 24.9 Å². The summed E-state index contributed by atoms with van der Waals surface area (Å²) in [6, 6.07) is 0. The lowest BCUT2D eigenvalue weighted by Gasteiger charge is -2.32. The topological polar surface area (TPSA) is 66.8 Å². The number of amides is 1. The highest BCUT2D eigenvalue weighted by molar-refractivity contribution is 7.99. The van der Waals surface area contributed by atoms with Crippen LogP contribution in [0.2, 0.25) is 0 Å². The number of rotatable bonds is 7. The molecule has 0 aromatic heterocycles. The van der Waals surface area contributed by atoms with Crippen LogP contribution in [0.1, 0.15) is 26.7 Å². The lowest BCUT2D eigenvalue weighted by molar-refractivity contribution is -0.146. The van der Waals surface area contributed by atoms with Crippen LogP contribution in [-0.2, 0) is 14.3 Å². The van der Waals surface area contributed by atoms with E-state index in [9.17, 15) is 9.59 Å². The van der Waals surface area contributed by atoms with Gasteiger partial charge in [0, 0.05) is 13.1 Å². The molecule has 0 spiro atoms. The summed E-state index contributed by atoms with van der Waals surface area (Å²) in [6.45, 7) is 5.73. The van der Waals surface area contributed by atoms with E-state index < -0.39 is 5.97 Å². The molecular weight excluding hydrogens is 266 g/mol. The highest BCUT2D eigenvalue weighted by atomic mass is 32.2. The van der Waals surface area contributed by atoms with Gasteiger partial charge in [0.1, 0.15) is 0 Å². The Hall–Kier alpha value is -0.750. The van der Waals surface area contributed by atoms with Gasteiger partial charge >= 0.3 is 5.97 Å². The Labute approximate surface area is 118 Å². The average molecular weight is 289 g/mol. The molecule has 1 atom stereocenters. The van der Waals surface area contributed by atoms with Crippen LogP contribution < -0.4 is 0 Å². The van der Waals surface area contributed by atoms with Crippen molar-refractivity contribution in [2.75, 3.05) is 31.2 Å². The molecule has 5 nitrogen and oxygen atoms in total. The van der Waals surface area contributed by atoms with E-state index >= 15 is 0 Å². The molecule has 1 saturated heterocycles. The maximum absolute atomic E-state index is 12.0. The minimum atomic E-state index is -0.884. The predicted octanol–water partition coefficient (Wildman–Crippen LogP) is 1.47. The van der Waals surface area contributed by atoms with E-state index in [1.165, 1.54) is 0 Å². The lowest BCUT2D eigenvalue weighted by Crippen LogP contribution is -2.47. The molecule has 6 heteroatoms. The summed E-state index contributed by atoms with van der Waals surface area (Å²) < 4.78 is 5.34. The third-order valence-electron chi connectivity index (χ3n) is 2.96. The molecule has 1 fully saturated rings. The molecular formula is C13H23NO4S. The molecule has 0 saturated carbocycles. The van der Waals surface area contributed by atoms with Gasteiger partial charge < -0.3 is 14.7 Å². The van der Waals surface area contributed by atoms with E-state index in [0.29, 0.717) is 31.4 Å². The number of carbonyl (C=O) groups excluding carboxylic acids is 1. The van der Waals surface area contributed by atoms with Crippen LogP contribution in [-0.4, -0.2) is 59.2 Å². The third-order valence-corrected chi connectivity index (χ3v) is 3.93. The zero-order valence-corrected chi connectivity index (χ0v) is 12.4. The summed E-state index contributed by atoms with van der Waals surface area (Å²) in [5.74, 6) is 1.34. The van der Waals surface area contributed by atoms with Gasteiger partial charge in [-0.1, -0.05) is 13.8 Å². The van der Waals surface area contributed by atoms with E-state index in [-0.39, 0.29) is 18.4 Å². The fourth-order valence-corrected chi connectivity index (χ4v) is 2.97. The van der Waals surface area contributed by atoms with Crippen LogP contribution in [0.3, 0.4) is 0 Å². The zero-order valence-electron chi connectivity index (χ0n) is 11.6. The minimum absolute atomic E-state index is 0.0374. The summed E-state index contributed by atoms with van der Waals surface area (Å²) >= 11 is 1.65. The van der Waals surface area contributed by atoms with Gasteiger partial charge in [-0.05, 0) is 18.1 Å². The van der Waals surface area contributed by atoms with E-state index in [1.54, 1.807) is 16.7 Å². The predicted molar refractivity (Wildman–Crippen MR) is 75.4 cm³/mol. The van der Waals surface area contributed by atoms with Gasteiger partial charge in [-0.15, -0.1) is 0 Å². The lowest BCUT2D eigenvalue weighted by atomic mass is 10.2. The Morgan fingerprint density at radius 3 is 2.84 bits per heavy atom. The van der Waals surface area contributed by atoms with Crippen molar-refractivity contribution in [3.63, 3.8) is 0 Å². The van der Waals surface area contributed by atoms with Gasteiger partial charge in [0.15, 0.2) is 0 Å². The summed E-state index contributed by atoms with van der Waals surface area (Å²) in [6.07, 6.45) is 0.711. The normalized spacial score (nSPS) is 19.7. The number of carbonyl (C=O) groups is 2. The molecule has 1 rings (SSSR count). The molecule has 1 heterocycles. The average Bonchev–Trinajstić information content (AvgIpc) is 2.33. The van der Waals surface area contributed by atoms with Crippen LogP contribution in [0.5, 0.6) is 0 Å². The second-order valence-corrected chi connectivity index (χ2v) is 6.27. The molecule has 1 aliphatic rings. The quantitative estimate of drug-likeness (QED) is 0.719. The molecule has 0 aromatic carbocycles. The van der Waals surface area contributed by atoms with Gasteiger partial charge in [0.2, 0.25) is 5.91 Å². The van der Waals surface area contributed by atoms with Crippen molar-refractivity contribution in [3.8, 4) is 0 Å². The van der Waals surface area contributed by atoms with Crippen molar-refractivity contribution in [2.45, 2.75) is 32.8 Å². The van der Waals surface area contributed by atoms with Crippen molar-refractivity contribution in [2.24, 2.45) is 5.92 Å². The van der Waals surface area contributed by atoms with Crippen molar-refractivity contribution in [1.29, 1.82) is 0 Å². The monoisotopic (exact) mass is 289 g/mol. The molecule has 1 amide bonds. The van der Waals surface area contributed by atoms with Crippen LogP contribution in [0.15, 0.2) is 0 Å². The van der Waals surface area contributed by atoms with Gasteiger partial charge in [-0.3, -0.25) is 9.59 Å². The Bertz CT molecular complexity index is 309. The standard InChI is InChI=1S/C13H23NO4S/c1-10(2)3-6-19-9-12(15)14-4-5-18-11(8-14)7-13(16)17/h10-11H,3-9H2,1-2H3,(H,16,17). The summed E-state index contributed by atoms with van der Waals surface area (Å²) in [7, 11) is 0. The van der Waals surface area contributed by atoms with Crippen LogP contribution in [0.4, 0.5) is 0 Å². The second-order valence-electron chi connectivity index (χ2n) is 5.17. The number of carboxylic acid groups (broad SMARTS) is 1. The number of nitrogens with zero attached hydrogens (tertiary/aromatic N) is 1. The Morgan fingerprint density at radius 1 is 1.47 bits per heavy atom. The van der Waals surface area contributed by atoms with E-state index in [4.69, 9.17) is 9.84 Å². The first-order valence-corrected chi connectivity index (χ1v) is 7.83. The van der Waals surface area contributed by atoms with Crippen molar-refractivity contribution < 1.29 is 19.4 Å². The molecule has 0 radical (unpaired) electrons. The van der Waals surface area contributed by atoms with Crippen LogP contribution >= 0.6 is 11.8 Å². The smallest absolute Gasteiger partial charge is 0.306 e. The fourth-order valence-electron chi connectivity index (χ4n) is 1.83. The number of aliphatic carboxylic acids is 1. The molecule has 19 heavy (non-hydrogen) atoms. The molecule has 1 aliphatic heterocycles. The van der Waals surface area contributed by atoms with Gasteiger partial charge in [-0.25, -0.2) is 0 Å². The first-order chi connectivity index (χ1) is 8.99. The van der Waals surface area contributed by atoms with E-state index in [2.05, 4.69) is 13.8 Å². The number of hydrogen-bond donors (Lipinski definition) is 1. The summed E-state index contributed by atoms with van der Waals surface area (Å²) in [5.41, 5.74) is 0. The second kappa shape index (κ2) is 8.43. The van der Waals surface area contributed by atoms with Gasteiger partial charge in [0.25, 0.3) is 0 Å². The molecule has 1 unspecified atom stereocenters. The minimum Gasteiger partial charge on any atom is -0.481 e. The summed E-state index contributed by atoms with van der Waals surface area (Å²) in [4.78, 5) is 24.3. The Morgan fingerprint density at radius 2 is 2.21 bits per heavy atom. The number of ether oxygens (including phenoxy) is 1. The first kappa shape index (κ1) is 16.3. The maximum Gasteiger partial charge on any atom is 0.306 e. The highest BCUT2D eigenvalue weighted by Crippen LogP contribution is 2.13. The van der Waals surface area contributed by atoms with Crippen molar-refractivity contribution in [1.82, 2.24) is 4.90 Å². The van der Waals surface area contributed by atoms with E-state index in [0.717, 1.165) is 12.2 Å². The Balaban J connectivity index is 2.25. The number of thioether (sulfide) groups is 1. The highest BCUT2D eigenvalue weighted by Gasteiger charge is 2.25. The number of morpholine rings is 1. The zero-order chi connectivity index (χ0) is 14.3. The Kier molecular flexibility index (Phi) is 7.23. The van der Waals surface area contributed by atoms with Gasteiger partial charge in [-0.2, -0.15) is 11.8 Å². The van der Waals surface area contributed by atoms with Crippen molar-refractivity contribution in [3.05, 3.63) is 0 Å². The number of hydrogen-bond acceptors (Lipinski definition) is 4. The van der Waals surface area contributed by atoms with Crippen LogP contribution in [0.25, 0.3) is 0 Å².